The van der Waals surface area contributed by atoms with E-state index < -0.39 is 5.97 Å². The maximum Gasteiger partial charge on any atom is 0.335 e. The first-order chi connectivity index (χ1) is 8.50. The monoisotopic (exact) mass is 280 g/mol. The van der Waals surface area contributed by atoms with Gasteiger partial charge in [0.1, 0.15) is 9.28 Å². The van der Waals surface area contributed by atoms with Crippen LogP contribution in [-0.4, -0.2) is 21.0 Å². The van der Waals surface area contributed by atoms with E-state index in [0.717, 1.165) is 5.69 Å². The van der Waals surface area contributed by atoms with Gasteiger partial charge in [0.25, 0.3) is 0 Å². The van der Waals surface area contributed by atoms with E-state index in [1.165, 1.54) is 0 Å². The molecular weight excluding hydrogens is 268 g/mol. The summed E-state index contributed by atoms with van der Waals surface area (Å²) in [6.45, 7) is 1.92. The number of aromatic nitrogens is 2. The minimum absolute atomic E-state index is 0.331. The molecular formula is C12H12N2O2S2. The fourth-order valence-electron chi connectivity index (χ4n) is 1.09. The number of nitrogens with one attached hydrogen (secondary N) is 2. The smallest absolute Gasteiger partial charge is 0.335 e. The second-order valence-electron chi connectivity index (χ2n) is 3.43. The van der Waals surface area contributed by atoms with Crippen molar-refractivity contribution in [1.29, 1.82) is 0 Å². The molecule has 0 saturated heterocycles. The van der Waals surface area contributed by atoms with E-state index in [9.17, 15) is 4.79 Å². The van der Waals surface area contributed by atoms with E-state index in [0.29, 0.717) is 14.8 Å². The number of hydrogen-bond donors (Lipinski definition) is 3. The largest absolute Gasteiger partial charge is 0.478 e. The number of aromatic carboxylic acids is 1. The third-order valence-corrected chi connectivity index (χ3v) is 2.71. The van der Waals surface area contributed by atoms with Gasteiger partial charge in [-0.1, -0.05) is 42.6 Å². The number of aromatic amines is 2. The summed E-state index contributed by atoms with van der Waals surface area (Å²) in [6.07, 6.45) is 1.79. The van der Waals surface area contributed by atoms with Crippen LogP contribution in [-0.2, 0) is 0 Å². The highest BCUT2D eigenvalue weighted by Crippen LogP contribution is 1.96. The van der Waals surface area contributed by atoms with E-state index in [-0.39, 0.29) is 0 Å². The first-order valence-electron chi connectivity index (χ1n) is 5.07. The maximum atomic E-state index is 10.2. The van der Waals surface area contributed by atoms with Crippen LogP contribution in [0.4, 0.5) is 0 Å². The molecule has 0 radical (unpaired) electrons. The zero-order valence-corrected chi connectivity index (χ0v) is 11.3. The minimum Gasteiger partial charge on any atom is -0.478 e. The zero-order valence-electron chi connectivity index (χ0n) is 9.64. The molecule has 3 N–H and O–H groups in total. The van der Waals surface area contributed by atoms with Crippen molar-refractivity contribution in [3.05, 3.63) is 57.1 Å². The summed E-state index contributed by atoms with van der Waals surface area (Å²) in [5.41, 5.74) is 1.33. The Labute approximate surface area is 114 Å². The summed E-state index contributed by atoms with van der Waals surface area (Å²) in [5, 5.41) is 8.38. The molecule has 1 aromatic heterocycles. The Bertz CT molecular complexity index is 632. The molecule has 0 atom stereocenters. The lowest BCUT2D eigenvalue weighted by Gasteiger charge is -1.89. The summed E-state index contributed by atoms with van der Waals surface area (Å²) in [4.78, 5) is 16.0. The van der Waals surface area contributed by atoms with Gasteiger partial charge < -0.3 is 15.1 Å². The molecule has 0 aliphatic carbocycles. The molecule has 0 aliphatic heterocycles. The number of H-pyrrole nitrogens is 2. The van der Waals surface area contributed by atoms with E-state index in [4.69, 9.17) is 29.5 Å². The molecule has 0 spiro atoms. The number of carboxylic acid groups (broad SMARTS) is 1. The first-order valence-corrected chi connectivity index (χ1v) is 5.89. The number of carbonyl (C=O) groups is 1. The summed E-state index contributed by atoms with van der Waals surface area (Å²) < 4.78 is 1.20. The van der Waals surface area contributed by atoms with Crippen LogP contribution in [0.2, 0.25) is 0 Å². The van der Waals surface area contributed by atoms with Gasteiger partial charge >= 0.3 is 5.97 Å². The lowest BCUT2D eigenvalue weighted by Crippen LogP contribution is -1.93. The van der Waals surface area contributed by atoms with Gasteiger partial charge in [-0.05, 0) is 19.1 Å². The molecule has 0 amide bonds. The zero-order chi connectivity index (χ0) is 13.5. The number of aryl methyl sites for hydroxylation is 1. The predicted octanol–water partition coefficient (Wildman–Crippen LogP) is 3.50. The average Bonchev–Trinajstić information content (AvgIpc) is 2.36. The Hall–Kier alpha value is -1.79. The van der Waals surface area contributed by atoms with Gasteiger partial charge in [0.05, 0.1) is 5.56 Å². The van der Waals surface area contributed by atoms with Gasteiger partial charge in [-0.25, -0.2) is 4.79 Å². The Balaban J connectivity index is 0.000000180. The molecule has 18 heavy (non-hydrogen) atoms. The van der Waals surface area contributed by atoms with Gasteiger partial charge in [0.15, 0.2) is 0 Å². The minimum atomic E-state index is -0.879. The fourth-order valence-corrected chi connectivity index (χ4v) is 1.42. The lowest BCUT2D eigenvalue weighted by atomic mass is 10.2. The van der Waals surface area contributed by atoms with E-state index >= 15 is 0 Å². The van der Waals surface area contributed by atoms with Crippen molar-refractivity contribution in [2.24, 2.45) is 0 Å². The molecule has 94 valence electrons. The standard InChI is InChI=1S/C7H6O2.C5H6N2S2/c8-7(9)6-4-2-1-3-5-6;1-3-2-6-4(8)5(9)7-3/h1-5H,(H,8,9);2H,1H3,(H,6,8)(H,7,9). The van der Waals surface area contributed by atoms with Crippen LogP contribution in [0, 0.1) is 16.2 Å². The van der Waals surface area contributed by atoms with Crippen LogP contribution >= 0.6 is 24.4 Å². The highest BCUT2D eigenvalue weighted by atomic mass is 32.1. The topological polar surface area (TPSA) is 68.9 Å². The highest BCUT2D eigenvalue weighted by molar-refractivity contribution is 7.73. The van der Waals surface area contributed by atoms with Gasteiger partial charge in [-0.2, -0.15) is 0 Å². The molecule has 2 rings (SSSR count). The summed E-state index contributed by atoms with van der Waals surface area (Å²) in [6, 6.07) is 8.30. The molecule has 4 nitrogen and oxygen atoms in total. The quantitative estimate of drug-likeness (QED) is 0.699. The third-order valence-electron chi connectivity index (χ3n) is 1.96. The van der Waals surface area contributed by atoms with Crippen molar-refractivity contribution >= 4 is 30.4 Å². The number of carboxylic acids is 1. The Morgan fingerprint density at radius 1 is 1.17 bits per heavy atom. The van der Waals surface area contributed by atoms with E-state index in [2.05, 4.69) is 9.97 Å². The Morgan fingerprint density at radius 3 is 2.17 bits per heavy atom. The second-order valence-corrected chi connectivity index (χ2v) is 4.24. The van der Waals surface area contributed by atoms with Crippen molar-refractivity contribution in [1.82, 2.24) is 9.97 Å². The highest BCUT2D eigenvalue weighted by Gasteiger charge is 1.96. The van der Waals surface area contributed by atoms with Crippen LogP contribution in [0.15, 0.2) is 36.5 Å². The van der Waals surface area contributed by atoms with Crippen molar-refractivity contribution in [2.75, 3.05) is 0 Å². The fraction of sp³-hybridized carbons (Fsp3) is 0.0833. The van der Waals surface area contributed by atoms with Crippen LogP contribution in [0.5, 0.6) is 0 Å². The molecule has 2 aromatic rings. The van der Waals surface area contributed by atoms with Gasteiger partial charge in [0, 0.05) is 11.9 Å². The summed E-state index contributed by atoms with van der Waals surface area (Å²) in [5.74, 6) is -0.879. The molecule has 0 bridgehead atoms. The van der Waals surface area contributed by atoms with Crippen molar-refractivity contribution in [3.63, 3.8) is 0 Å². The second kappa shape index (κ2) is 6.83. The molecule has 0 unspecified atom stereocenters. The number of benzene rings is 1. The van der Waals surface area contributed by atoms with Gasteiger partial charge in [-0.15, -0.1) is 0 Å². The summed E-state index contributed by atoms with van der Waals surface area (Å²) >= 11 is 9.67. The van der Waals surface area contributed by atoms with Crippen LogP contribution in [0.25, 0.3) is 0 Å². The molecule has 0 saturated carbocycles. The van der Waals surface area contributed by atoms with E-state index in [1.54, 1.807) is 36.5 Å². The Kier molecular flexibility index (Phi) is 5.41. The Morgan fingerprint density at radius 2 is 1.78 bits per heavy atom. The number of hydrogen-bond acceptors (Lipinski definition) is 3. The predicted molar refractivity (Wildman–Crippen MR) is 74.9 cm³/mol. The first kappa shape index (κ1) is 14.3. The molecule has 1 heterocycles. The molecule has 0 fully saturated rings. The normalized spacial score (nSPS) is 9.17. The molecule has 1 aromatic carbocycles. The summed E-state index contributed by atoms with van der Waals surface area (Å²) in [7, 11) is 0. The van der Waals surface area contributed by atoms with E-state index in [1.807, 2.05) is 6.92 Å². The van der Waals surface area contributed by atoms with Crippen molar-refractivity contribution in [3.8, 4) is 0 Å². The SMILES string of the molecule is Cc1c[nH]c(=S)c(=S)[nH]1.O=C(O)c1ccccc1. The molecule has 0 aliphatic rings. The number of rotatable bonds is 1. The van der Waals surface area contributed by atoms with Gasteiger partial charge in [0.2, 0.25) is 0 Å². The average molecular weight is 280 g/mol. The molecule has 6 heteroatoms. The van der Waals surface area contributed by atoms with Crippen LogP contribution in [0.1, 0.15) is 16.1 Å². The maximum absolute atomic E-state index is 10.2. The van der Waals surface area contributed by atoms with Crippen LogP contribution in [0.3, 0.4) is 0 Å². The third kappa shape index (κ3) is 4.60. The van der Waals surface area contributed by atoms with Gasteiger partial charge in [-0.3, -0.25) is 0 Å². The lowest BCUT2D eigenvalue weighted by molar-refractivity contribution is 0.0697. The van der Waals surface area contributed by atoms with Crippen LogP contribution < -0.4 is 0 Å². The van der Waals surface area contributed by atoms with Crippen molar-refractivity contribution < 1.29 is 9.90 Å². The van der Waals surface area contributed by atoms with Crippen molar-refractivity contribution in [2.45, 2.75) is 6.92 Å².